The van der Waals surface area contributed by atoms with Gasteiger partial charge in [-0.3, -0.25) is 9.78 Å². The van der Waals surface area contributed by atoms with Crippen LogP contribution < -0.4 is 5.32 Å². The quantitative estimate of drug-likeness (QED) is 0.805. The van der Waals surface area contributed by atoms with Crippen molar-refractivity contribution in [1.29, 1.82) is 0 Å². The molecule has 0 spiro atoms. The van der Waals surface area contributed by atoms with Crippen molar-refractivity contribution >= 4 is 5.91 Å². The summed E-state index contributed by atoms with van der Waals surface area (Å²) in [4.78, 5) is 25.0. The summed E-state index contributed by atoms with van der Waals surface area (Å²) in [6.07, 6.45) is 3.07. The molecule has 1 amide bonds. The van der Waals surface area contributed by atoms with Crippen LogP contribution in [-0.4, -0.2) is 20.9 Å². The molecule has 0 aliphatic heterocycles. The van der Waals surface area contributed by atoms with E-state index in [1.807, 2.05) is 55.5 Å². The fourth-order valence-electron chi connectivity index (χ4n) is 2.15. The third-order valence-corrected chi connectivity index (χ3v) is 3.32. The zero-order valence-corrected chi connectivity index (χ0v) is 12.7. The summed E-state index contributed by atoms with van der Waals surface area (Å²) in [5, 5.41) is 2.82. The Morgan fingerprint density at radius 3 is 2.43 bits per heavy atom. The fourth-order valence-corrected chi connectivity index (χ4v) is 2.15. The number of pyridine rings is 1. The van der Waals surface area contributed by atoms with Crippen LogP contribution in [-0.2, 0) is 6.54 Å². The molecule has 23 heavy (non-hydrogen) atoms. The Bertz CT molecular complexity index is 801. The van der Waals surface area contributed by atoms with Crippen LogP contribution in [0.4, 0.5) is 0 Å². The van der Waals surface area contributed by atoms with E-state index in [-0.39, 0.29) is 5.91 Å². The van der Waals surface area contributed by atoms with Crippen molar-refractivity contribution in [2.75, 3.05) is 0 Å². The van der Waals surface area contributed by atoms with Crippen LogP contribution in [0.1, 0.15) is 21.7 Å². The van der Waals surface area contributed by atoms with E-state index < -0.39 is 0 Å². The van der Waals surface area contributed by atoms with Gasteiger partial charge in [0.2, 0.25) is 0 Å². The number of hydrogen-bond donors (Lipinski definition) is 1. The molecule has 114 valence electrons. The first kappa shape index (κ1) is 14.8. The SMILES string of the molecule is Cc1cccc(CNC(=O)c2cnc(-c3ccccc3)nc2)n1. The first-order valence-electron chi connectivity index (χ1n) is 7.30. The van der Waals surface area contributed by atoms with Gasteiger partial charge in [0.1, 0.15) is 0 Å². The van der Waals surface area contributed by atoms with E-state index in [0.717, 1.165) is 17.0 Å². The van der Waals surface area contributed by atoms with Crippen molar-refractivity contribution in [3.8, 4) is 11.4 Å². The maximum atomic E-state index is 12.1. The predicted octanol–water partition coefficient (Wildman–Crippen LogP) is 2.78. The molecule has 0 saturated heterocycles. The molecule has 0 atom stereocenters. The Morgan fingerprint density at radius 1 is 1.00 bits per heavy atom. The summed E-state index contributed by atoms with van der Waals surface area (Å²) in [5.74, 6) is 0.385. The van der Waals surface area contributed by atoms with Crippen LogP contribution in [0.15, 0.2) is 60.9 Å². The highest BCUT2D eigenvalue weighted by Gasteiger charge is 2.08. The highest BCUT2D eigenvalue weighted by molar-refractivity contribution is 5.93. The van der Waals surface area contributed by atoms with Gasteiger partial charge in [0.05, 0.1) is 17.8 Å². The number of hydrogen-bond acceptors (Lipinski definition) is 4. The second-order valence-electron chi connectivity index (χ2n) is 5.11. The summed E-state index contributed by atoms with van der Waals surface area (Å²) in [5.41, 5.74) is 3.09. The monoisotopic (exact) mass is 304 g/mol. The Hall–Kier alpha value is -3.08. The minimum atomic E-state index is -0.215. The van der Waals surface area contributed by atoms with Crippen LogP contribution in [0.3, 0.4) is 0 Å². The van der Waals surface area contributed by atoms with Crippen molar-refractivity contribution in [2.24, 2.45) is 0 Å². The van der Waals surface area contributed by atoms with Gasteiger partial charge in [-0.05, 0) is 19.1 Å². The number of aryl methyl sites for hydroxylation is 1. The van der Waals surface area contributed by atoms with Gasteiger partial charge < -0.3 is 5.32 Å². The van der Waals surface area contributed by atoms with Crippen molar-refractivity contribution < 1.29 is 4.79 Å². The zero-order chi connectivity index (χ0) is 16.1. The molecule has 3 rings (SSSR count). The van der Waals surface area contributed by atoms with Crippen LogP contribution in [0.5, 0.6) is 0 Å². The fraction of sp³-hybridized carbons (Fsp3) is 0.111. The highest BCUT2D eigenvalue weighted by Crippen LogP contribution is 2.13. The Kier molecular flexibility index (Phi) is 4.38. The van der Waals surface area contributed by atoms with Gasteiger partial charge in [0.25, 0.3) is 5.91 Å². The summed E-state index contributed by atoms with van der Waals surface area (Å²) >= 11 is 0. The number of aromatic nitrogens is 3. The van der Waals surface area contributed by atoms with Crippen molar-refractivity contribution in [3.63, 3.8) is 0 Å². The Labute approximate surface area is 134 Å². The lowest BCUT2D eigenvalue weighted by Crippen LogP contribution is -2.23. The first-order valence-corrected chi connectivity index (χ1v) is 7.30. The standard InChI is InChI=1S/C18H16N4O/c1-13-6-5-9-16(22-13)12-21-18(23)15-10-19-17(20-11-15)14-7-3-2-4-8-14/h2-11H,12H2,1H3,(H,21,23). The molecular weight excluding hydrogens is 288 g/mol. The average Bonchev–Trinajstić information content (AvgIpc) is 2.61. The van der Waals surface area contributed by atoms with Gasteiger partial charge in [-0.25, -0.2) is 9.97 Å². The van der Waals surface area contributed by atoms with Gasteiger partial charge in [-0.1, -0.05) is 36.4 Å². The molecule has 0 fully saturated rings. The molecule has 0 aliphatic carbocycles. The molecule has 0 aliphatic rings. The highest BCUT2D eigenvalue weighted by atomic mass is 16.1. The first-order chi connectivity index (χ1) is 11.2. The predicted molar refractivity (Wildman–Crippen MR) is 87.6 cm³/mol. The molecule has 0 bridgehead atoms. The van der Waals surface area contributed by atoms with E-state index in [9.17, 15) is 4.79 Å². The number of carbonyl (C=O) groups is 1. The van der Waals surface area contributed by atoms with Gasteiger partial charge in [-0.2, -0.15) is 0 Å². The number of nitrogens with zero attached hydrogens (tertiary/aromatic N) is 3. The Balaban J connectivity index is 1.66. The number of rotatable bonds is 4. The molecule has 5 heteroatoms. The molecule has 2 aromatic heterocycles. The Morgan fingerprint density at radius 2 is 1.74 bits per heavy atom. The van der Waals surface area contributed by atoms with E-state index in [2.05, 4.69) is 20.3 Å². The molecule has 0 saturated carbocycles. The van der Waals surface area contributed by atoms with Crippen LogP contribution in [0.25, 0.3) is 11.4 Å². The van der Waals surface area contributed by atoms with Crippen LogP contribution in [0.2, 0.25) is 0 Å². The molecule has 5 nitrogen and oxygen atoms in total. The normalized spacial score (nSPS) is 10.3. The van der Waals surface area contributed by atoms with E-state index >= 15 is 0 Å². The van der Waals surface area contributed by atoms with E-state index in [1.165, 1.54) is 12.4 Å². The lowest BCUT2D eigenvalue weighted by molar-refractivity contribution is 0.0949. The summed E-state index contributed by atoms with van der Waals surface area (Å²) < 4.78 is 0. The van der Waals surface area contributed by atoms with Crippen LogP contribution in [0, 0.1) is 6.92 Å². The smallest absolute Gasteiger partial charge is 0.254 e. The molecule has 0 radical (unpaired) electrons. The minimum Gasteiger partial charge on any atom is -0.346 e. The number of amides is 1. The third kappa shape index (κ3) is 3.77. The third-order valence-electron chi connectivity index (χ3n) is 3.32. The molecule has 1 aromatic carbocycles. The molecule has 1 N–H and O–H groups in total. The summed E-state index contributed by atoms with van der Waals surface area (Å²) in [6.45, 7) is 2.29. The second-order valence-corrected chi connectivity index (χ2v) is 5.11. The number of nitrogens with one attached hydrogen (secondary N) is 1. The maximum absolute atomic E-state index is 12.1. The largest absolute Gasteiger partial charge is 0.346 e. The van der Waals surface area contributed by atoms with Crippen molar-refractivity contribution in [3.05, 3.63) is 77.9 Å². The van der Waals surface area contributed by atoms with Crippen molar-refractivity contribution in [2.45, 2.75) is 13.5 Å². The minimum absolute atomic E-state index is 0.215. The molecule has 3 aromatic rings. The molecular formula is C18H16N4O. The van der Waals surface area contributed by atoms with Gasteiger partial charge in [0.15, 0.2) is 5.82 Å². The zero-order valence-electron chi connectivity index (χ0n) is 12.7. The van der Waals surface area contributed by atoms with Gasteiger partial charge in [0, 0.05) is 23.7 Å². The summed E-state index contributed by atoms with van der Waals surface area (Å²) in [7, 11) is 0. The summed E-state index contributed by atoms with van der Waals surface area (Å²) in [6, 6.07) is 15.4. The van der Waals surface area contributed by atoms with Crippen LogP contribution >= 0.6 is 0 Å². The second kappa shape index (κ2) is 6.79. The molecule has 0 unspecified atom stereocenters. The maximum Gasteiger partial charge on any atom is 0.254 e. The lowest BCUT2D eigenvalue weighted by atomic mass is 10.2. The average molecular weight is 304 g/mol. The van der Waals surface area contributed by atoms with Gasteiger partial charge in [-0.15, -0.1) is 0 Å². The lowest BCUT2D eigenvalue weighted by Gasteiger charge is -2.06. The van der Waals surface area contributed by atoms with Gasteiger partial charge >= 0.3 is 0 Å². The number of benzene rings is 1. The van der Waals surface area contributed by atoms with E-state index in [4.69, 9.17) is 0 Å². The topological polar surface area (TPSA) is 67.8 Å². The molecule has 2 heterocycles. The van der Waals surface area contributed by atoms with Crippen molar-refractivity contribution in [1.82, 2.24) is 20.3 Å². The number of carbonyl (C=O) groups excluding carboxylic acids is 1. The van der Waals surface area contributed by atoms with E-state index in [0.29, 0.717) is 17.9 Å². The van der Waals surface area contributed by atoms with E-state index in [1.54, 1.807) is 0 Å².